The summed E-state index contributed by atoms with van der Waals surface area (Å²) < 4.78 is 11.8. The van der Waals surface area contributed by atoms with Gasteiger partial charge in [-0.2, -0.15) is 0 Å². The fraction of sp³-hybridized carbons (Fsp3) is 0.444. The highest BCUT2D eigenvalue weighted by molar-refractivity contribution is 5.92. The summed E-state index contributed by atoms with van der Waals surface area (Å²) >= 11 is 0. The third-order valence-corrected chi connectivity index (χ3v) is 4.75. The summed E-state index contributed by atoms with van der Waals surface area (Å²) in [5.41, 5.74) is 1.17. The number of hydrogen-bond donors (Lipinski definition) is 1. The first-order valence-corrected chi connectivity index (χ1v) is 8.71. The topological polar surface area (TPSA) is 89.5 Å². The Morgan fingerprint density at radius 2 is 2.27 bits per heavy atom. The van der Waals surface area contributed by atoms with Gasteiger partial charge in [-0.3, -0.25) is 19.7 Å². The van der Waals surface area contributed by atoms with E-state index < -0.39 is 0 Å². The van der Waals surface area contributed by atoms with Crippen LogP contribution in [0, 0.1) is 0 Å². The summed E-state index contributed by atoms with van der Waals surface area (Å²) in [6.45, 7) is 3.27. The largest absolute Gasteiger partial charge is 0.378 e. The highest BCUT2D eigenvalue weighted by Crippen LogP contribution is 2.25. The Kier molecular flexibility index (Phi) is 5.14. The molecule has 2 aliphatic heterocycles. The van der Waals surface area contributed by atoms with Crippen LogP contribution in [0.15, 0.2) is 43.0 Å². The van der Waals surface area contributed by atoms with Gasteiger partial charge in [-0.05, 0) is 12.1 Å². The fourth-order valence-corrected chi connectivity index (χ4v) is 3.49. The van der Waals surface area contributed by atoms with E-state index in [2.05, 4.69) is 25.2 Å². The molecule has 2 aliphatic rings. The summed E-state index contributed by atoms with van der Waals surface area (Å²) in [5, 5.41) is 3.05. The predicted molar refractivity (Wildman–Crippen MR) is 92.3 cm³/mol. The van der Waals surface area contributed by atoms with E-state index in [0.717, 1.165) is 18.8 Å². The van der Waals surface area contributed by atoms with Crippen molar-refractivity contribution in [2.75, 3.05) is 26.3 Å². The van der Waals surface area contributed by atoms with Crippen molar-refractivity contribution in [2.45, 2.75) is 24.8 Å². The van der Waals surface area contributed by atoms with Crippen molar-refractivity contribution < 1.29 is 14.3 Å². The van der Waals surface area contributed by atoms with E-state index in [1.165, 1.54) is 12.4 Å². The summed E-state index contributed by atoms with van der Waals surface area (Å²) in [6.07, 6.45) is 6.09. The van der Waals surface area contributed by atoms with Gasteiger partial charge < -0.3 is 14.8 Å². The van der Waals surface area contributed by atoms with Gasteiger partial charge in [0.25, 0.3) is 5.91 Å². The van der Waals surface area contributed by atoms with Gasteiger partial charge >= 0.3 is 0 Å². The molecule has 136 valence electrons. The van der Waals surface area contributed by atoms with Crippen LogP contribution in [0.1, 0.15) is 16.2 Å². The van der Waals surface area contributed by atoms with Crippen molar-refractivity contribution >= 4 is 5.91 Å². The molecule has 26 heavy (non-hydrogen) atoms. The molecule has 0 radical (unpaired) electrons. The number of fused-ring (bicyclic) bond motifs is 1. The molecule has 1 amide bonds. The third kappa shape index (κ3) is 3.72. The van der Waals surface area contributed by atoms with Crippen molar-refractivity contribution in [3.63, 3.8) is 0 Å². The summed E-state index contributed by atoms with van der Waals surface area (Å²) in [7, 11) is 0. The molecule has 8 heteroatoms. The summed E-state index contributed by atoms with van der Waals surface area (Å²) in [6, 6.07) is 5.72. The van der Waals surface area contributed by atoms with Gasteiger partial charge in [0.05, 0.1) is 49.9 Å². The highest BCUT2D eigenvalue weighted by atomic mass is 16.5. The first-order chi connectivity index (χ1) is 12.8. The van der Waals surface area contributed by atoms with E-state index in [-0.39, 0.29) is 24.1 Å². The van der Waals surface area contributed by atoms with Gasteiger partial charge in [0, 0.05) is 31.7 Å². The van der Waals surface area contributed by atoms with Crippen LogP contribution < -0.4 is 5.32 Å². The van der Waals surface area contributed by atoms with E-state index in [4.69, 9.17) is 9.47 Å². The molecule has 0 unspecified atom stereocenters. The van der Waals surface area contributed by atoms with Crippen LogP contribution in [0.4, 0.5) is 0 Å². The first-order valence-electron chi connectivity index (χ1n) is 8.71. The maximum absolute atomic E-state index is 12.5. The molecule has 1 N–H and O–H groups in total. The van der Waals surface area contributed by atoms with Crippen LogP contribution in [0.25, 0.3) is 0 Å². The van der Waals surface area contributed by atoms with Gasteiger partial charge in [-0.25, -0.2) is 4.98 Å². The minimum Gasteiger partial charge on any atom is -0.378 e. The van der Waals surface area contributed by atoms with Crippen molar-refractivity contribution in [3.8, 4) is 0 Å². The molecule has 0 saturated carbocycles. The number of amides is 1. The number of ether oxygens (including phenoxy) is 2. The van der Waals surface area contributed by atoms with Gasteiger partial charge in [0.1, 0.15) is 5.69 Å². The summed E-state index contributed by atoms with van der Waals surface area (Å²) in [4.78, 5) is 27.1. The molecule has 4 rings (SSSR count). The molecule has 2 aromatic rings. The van der Waals surface area contributed by atoms with Crippen LogP contribution in [0.2, 0.25) is 0 Å². The Balaban J connectivity index is 1.46. The first kappa shape index (κ1) is 17.0. The zero-order valence-electron chi connectivity index (χ0n) is 14.3. The molecule has 0 spiro atoms. The van der Waals surface area contributed by atoms with E-state index >= 15 is 0 Å². The van der Waals surface area contributed by atoms with Crippen molar-refractivity contribution in [1.29, 1.82) is 0 Å². The second-order valence-corrected chi connectivity index (χ2v) is 6.40. The number of rotatable bonds is 5. The third-order valence-electron chi connectivity index (χ3n) is 4.75. The quantitative estimate of drug-likeness (QED) is 0.823. The fourth-order valence-electron chi connectivity index (χ4n) is 3.49. The van der Waals surface area contributed by atoms with E-state index in [1.54, 1.807) is 12.4 Å². The molecular formula is C18H21N5O3. The van der Waals surface area contributed by atoms with Crippen LogP contribution in [0.3, 0.4) is 0 Å². The Morgan fingerprint density at radius 3 is 3.08 bits per heavy atom. The Labute approximate surface area is 151 Å². The molecule has 2 fully saturated rings. The van der Waals surface area contributed by atoms with Crippen LogP contribution in [-0.2, 0) is 16.1 Å². The molecule has 0 aromatic carbocycles. The lowest BCUT2D eigenvalue weighted by Gasteiger charge is -2.32. The SMILES string of the molecule is O=C(N[C@@H]1CN2CCOC[C@@H]2[C@@H]1OCc1ccccn1)c1cnccn1. The van der Waals surface area contributed by atoms with Gasteiger partial charge in [0.2, 0.25) is 0 Å². The number of carbonyl (C=O) groups excluding carboxylic acids is 1. The lowest BCUT2D eigenvalue weighted by atomic mass is 10.1. The van der Waals surface area contributed by atoms with Gasteiger partial charge in [-0.1, -0.05) is 6.07 Å². The maximum atomic E-state index is 12.5. The number of pyridine rings is 1. The number of hydrogen-bond acceptors (Lipinski definition) is 7. The van der Waals surface area contributed by atoms with Crippen molar-refractivity contribution in [2.24, 2.45) is 0 Å². The van der Waals surface area contributed by atoms with Gasteiger partial charge in [0.15, 0.2) is 0 Å². The maximum Gasteiger partial charge on any atom is 0.271 e. The number of nitrogens with zero attached hydrogens (tertiary/aromatic N) is 4. The average molecular weight is 355 g/mol. The number of carbonyl (C=O) groups is 1. The normalized spacial score (nSPS) is 25.6. The van der Waals surface area contributed by atoms with Crippen LogP contribution in [-0.4, -0.2) is 70.2 Å². The summed E-state index contributed by atoms with van der Waals surface area (Å²) in [5.74, 6) is -0.240. The van der Waals surface area contributed by atoms with E-state index in [1.807, 2.05) is 18.2 Å². The lowest BCUT2D eigenvalue weighted by Crippen LogP contribution is -2.48. The second-order valence-electron chi connectivity index (χ2n) is 6.40. The van der Waals surface area contributed by atoms with E-state index in [9.17, 15) is 4.79 Å². The van der Waals surface area contributed by atoms with Crippen molar-refractivity contribution in [1.82, 2.24) is 25.2 Å². The standard InChI is InChI=1S/C18H21N5O3/c24-18(14-9-19-5-6-21-14)22-15-10-23-7-8-25-12-16(23)17(15)26-11-13-3-1-2-4-20-13/h1-6,9,15-17H,7-8,10-12H2,(H,22,24)/t15-,16-,17-/m1/s1. The Hall–Kier alpha value is -2.42. The lowest BCUT2D eigenvalue weighted by molar-refractivity contribution is -0.0537. The molecule has 0 aliphatic carbocycles. The molecule has 0 bridgehead atoms. The molecule has 4 heterocycles. The van der Waals surface area contributed by atoms with Crippen LogP contribution >= 0.6 is 0 Å². The monoisotopic (exact) mass is 355 g/mol. The Bertz CT molecular complexity index is 730. The smallest absolute Gasteiger partial charge is 0.271 e. The Morgan fingerprint density at radius 1 is 1.31 bits per heavy atom. The molecule has 3 atom stereocenters. The van der Waals surface area contributed by atoms with Gasteiger partial charge in [-0.15, -0.1) is 0 Å². The van der Waals surface area contributed by atoms with E-state index in [0.29, 0.717) is 25.5 Å². The predicted octanol–water partition coefficient (Wildman–Crippen LogP) is 0.270. The molecular weight excluding hydrogens is 334 g/mol. The number of morpholine rings is 1. The number of nitrogens with one attached hydrogen (secondary N) is 1. The minimum absolute atomic E-state index is 0.125. The number of aromatic nitrogens is 3. The van der Waals surface area contributed by atoms with Crippen LogP contribution in [0.5, 0.6) is 0 Å². The molecule has 2 aromatic heterocycles. The molecule has 8 nitrogen and oxygen atoms in total. The second kappa shape index (κ2) is 7.86. The molecule has 2 saturated heterocycles. The van der Waals surface area contributed by atoms with Crippen molar-refractivity contribution in [3.05, 3.63) is 54.4 Å². The average Bonchev–Trinajstić information content (AvgIpc) is 3.05. The zero-order valence-corrected chi connectivity index (χ0v) is 14.3. The zero-order chi connectivity index (χ0) is 17.8. The minimum atomic E-state index is -0.240. The highest BCUT2D eigenvalue weighted by Gasteiger charge is 2.44.